The average Bonchev–Trinajstić information content (AvgIpc) is 3.17. The summed E-state index contributed by atoms with van der Waals surface area (Å²) in [5.74, 6) is 0.945. The Morgan fingerprint density at radius 3 is 2.54 bits per heavy atom. The van der Waals surface area contributed by atoms with Gasteiger partial charge in [0.15, 0.2) is 5.69 Å². The number of hydrogen-bond donors (Lipinski definition) is 0. The fourth-order valence-electron chi connectivity index (χ4n) is 3.04. The van der Waals surface area contributed by atoms with Crippen LogP contribution >= 0.6 is 0 Å². The van der Waals surface area contributed by atoms with Crippen molar-refractivity contribution in [2.24, 2.45) is 7.05 Å². The molecular formula is C19H25N5O2. The Labute approximate surface area is 153 Å². The van der Waals surface area contributed by atoms with Crippen molar-refractivity contribution in [2.45, 2.75) is 46.1 Å². The highest BCUT2D eigenvalue weighted by molar-refractivity contribution is 5.88. The van der Waals surface area contributed by atoms with Crippen LogP contribution in [0.25, 0.3) is 11.0 Å². The highest BCUT2D eigenvalue weighted by atomic mass is 16.5. The van der Waals surface area contributed by atoms with Gasteiger partial charge in [0.1, 0.15) is 11.5 Å². The summed E-state index contributed by atoms with van der Waals surface area (Å²) in [5, 5.41) is 5.28. The van der Waals surface area contributed by atoms with Crippen LogP contribution in [0.4, 0.5) is 0 Å². The van der Waals surface area contributed by atoms with E-state index in [-0.39, 0.29) is 5.92 Å². The molecule has 0 bridgehead atoms. The fourth-order valence-corrected chi connectivity index (χ4v) is 3.04. The van der Waals surface area contributed by atoms with E-state index in [9.17, 15) is 4.79 Å². The van der Waals surface area contributed by atoms with Crippen molar-refractivity contribution in [1.82, 2.24) is 24.3 Å². The molecule has 0 spiro atoms. The quantitative estimate of drug-likeness (QED) is 0.657. The molecular weight excluding hydrogens is 330 g/mol. The van der Waals surface area contributed by atoms with Crippen molar-refractivity contribution >= 4 is 17.0 Å². The molecule has 3 aromatic rings. The first-order valence-corrected chi connectivity index (χ1v) is 8.79. The van der Waals surface area contributed by atoms with E-state index in [2.05, 4.69) is 32.8 Å². The third-order valence-electron chi connectivity index (χ3n) is 4.35. The first-order valence-electron chi connectivity index (χ1n) is 8.79. The molecule has 0 saturated carbocycles. The molecule has 3 aromatic heterocycles. The minimum absolute atomic E-state index is 0.240. The maximum absolute atomic E-state index is 12.0. The molecule has 7 nitrogen and oxygen atoms in total. The summed E-state index contributed by atoms with van der Waals surface area (Å²) in [5.41, 5.74) is 3.07. The zero-order valence-electron chi connectivity index (χ0n) is 16.1. The maximum Gasteiger partial charge on any atom is 0.358 e. The highest BCUT2D eigenvalue weighted by Crippen LogP contribution is 2.26. The van der Waals surface area contributed by atoms with Gasteiger partial charge in [-0.25, -0.2) is 14.8 Å². The lowest BCUT2D eigenvalue weighted by atomic mass is 10.1. The number of fused-ring (bicyclic) bond motifs is 1. The van der Waals surface area contributed by atoms with Gasteiger partial charge in [-0.05, 0) is 12.0 Å². The van der Waals surface area contributed by atoms with E-state index < -0.39 is 5.97 Å². The Kier molecular flexibility index (Phi) is 4.80. The smallest absolute Gasteiger partial charge is 0.358 e. The van der Waals surface area contributed by atoms with Gasteiger partial charge in [0.25, 0.3) is 0 Å². The van der Waals surface area contributed by atoms with Crippen molar-refractivity contribution in [3.63, 3.8) is 0 Å². The molecule has 0 saturated heterocycles. The normalized spacial score (nSPS) is 11.7. The summed E-state index contributed by atoms with van der Waals surface area (Å²) in [6.45, 7) is 8.96. The summed E-state index contributed by atoms with van der Waals surface area (Å²) < 4.78 is 8.51. The van der Waals surface area contributed by atoms with E-state index in [1.165, 1.54) is 7.11 Å². The van der Waals surface area contributed by atoms with E-state index in [1.807, 2.05) is 23.0 Å². The molecule has 0 fully saturated rings. The van der Waals surface area contributed by atoms with Gasteiger partial charge in [-0.15, -0.1) is 0 Å². The van der Waals surface area contributed by atoms with Crippen molar-refractivity contribution < 1.29 is 9.53 Å². The van der Waals surface area contributed by atoms with Crippen LogP contribution < -0.4 is 0 Å². The second-order valence-corrected chi connectivity index (χ2v) is 7.13. The van der Waals surface area contributed by atoms with Gasteiger partial charge in [0, 0.05) is 36.3 Å². The van der Waals surface area contributed by atoms with Gasteiger partial charge in [0.05, 0.1) is 19.3 Å². The van der Waals surface area contributed by atoms with Gasteiger partial charge >= 0.3 is 5.97 Å². The van der Waals surface area contributed by atoms with Crippen molar-refractivity contribution in [1.29, 1.82) is 0 Å². The molecule has 26 heavy (non-hydrogen) atoms. The zero-order valence-corrected chi connectivity index (χ0v) is 16.1. The van der Waals surface area contributed by atoms with E-state index in [4.69, 9.17) is 14.7 Å². The number of ether oxygens (including phenoxy) is 1. The minimum atomic E-state index is -0.433. The van der Waals surface area contributed by atoms with Gasteiger partial charge in [-0.2, -0.15) is 5.10 Å². The summed E-state index contributed by atoms with van der Waals surface area (Å²) in [6, 6.07) is 2.04. The van der Waals surface area contributed by atoms with Gasteiger partial charge in [0.2, 0.25) is 0 Å². The number of carbonyl (C=O) groups excluding carboxylic acids is 1. The van der Waals surface area contributed by atoms with Crippen LogP contribution in [0.3, 0.4) is 0 Å². The number of aryl methyl sites for hydroxylation is 1. The Bertz CT molecular complexity index is 952. The molecule has 0 unspecified atom stereocenters. The molecule has 7 heteroatoms. The van der Waals surface area contributed by atoms with Gasteiger partial charge < -0.3 is 9.30 Å². The number of rotatable bonds is 5. The topological polar surface area (TPSA) is 74.8 Å². The lowest BCUT2D eigenvalue weighted by molar-refractivity contribution is 0.0592. The Morgan fingerprint density at radius 2 is 1.92 bits per heavy atom. The van der Waals surface area contributed by atoms with Gasteiger partial charge in [-0.3, -0.25) is 4.68 Å². The van der Waals surface area contributed by atoms with Crippen molar-refractivity contribution in [2.75, 3.05) is 7.11 Å². The van der Waals surface area contributed by atoms with E-state index in [1.54, 1.807) is 11.7 Å². The molecule has 0 amide bonds. The third-order valence-corrected chi connectivity index (χ3v) is 4.35. The number of hydrogen-bond acceptors (Lipinski definition) is 5. The number of nitrogens with zero attached hydrogens (tertiary/aromatic N) is 5. The van der Waals surface area contributed by atoms with E-state index >= 15 is 0 Å². The molecule has 0 aromatic carbocycles. The predicted molar refractivity (Wildman–Crippen MR) is 99.4 cm³/mol. The van der Waals surface area contributed by atoms with Crippen LogP contribution in [0.15, 0.2) is 18.5 Å². The first kappa shape index (κ1) is 18.1. The number of aromatic nitrogens is 5. The second-order valence-electron chi connectivity index (χ2n) is 7.13. The van der Waals surface area contributed by atoms with Crippen LogP contribution in [-0.2, 0) is 18.3 Å². The summed E-state index contributed by atoms with van der Waals surface area (Å²) in [4.78, 5) is 21.5. The molecule has 3 rings (SSSR count). The van der Waals surface area contributed by atoms with Crippen LogP contribution in [0.1, 0.15) is 67.1 Å². The molecule has 0 aliphatic rings. The van der Waals surface area contributed by atoms with Crippen LogP contribution in [0.2, 0.25) is 0 Å². The van der Waals surface area contributed by atoms with Crippen LogP contribution in [0.5, 0.6) is 0 Å². The Hall–Kier alpha value is -2.70. The average molecular weight is 355 g/mol. The molecule has 0 N–H and O–H groups in total. The van der Waals surface area contributed by atoms with E-state index in [0.29, 0.717) is 18.2 Å². The largest absolute Gasteiger partial charge is 0.464 e. The standard InChI is InChI=1S/C19H25N5O2/c1-11(2)15-14-7-8-24(18(14)21-17(20-15)12(3)4)10-13-9-23(5)22-16(13)19(25)26-6/h7-9,11-12H,10H2,1-6H3. The molecule has 0 aliphatic heterocycles. The SMILES string of the molecule is COC(=O)c1nn(C)cc1Cn1ccc2c(C(C)C)nc(C(C)C)nc21. The van der Waals surface area contributed by atoms with E-state index in [0.717, 1.165) is 28.1 Å². The second kappa shape index (κ2) is 6.90. The summed E-state index contributed by atoms with van der Waals surface area (Å²) in [6.07, 6.45) is 3.83. The number of esters is 1. The van der Waals surface area contributed by atoms with Crippen molar-refractivity contribution in [3.05, 3.63) is 41.2 Å². The highest BCUT2D eigenvalue weighted by Gasteiger charge is 2.20. The number of methoxy groups -OCH3 is 1. The maximum atomic E-state index is 12.0. The van der Waals surface area contributed by atoms with Crippen molar-refractivity contribution in [3.8, 4) is 0 Å². The zero-order chi connectivity index (χ0) is 19.0. The predicted octanol–water partition coefficient (Wildman–Crippen LogP) is 3.25. The molecule has 138 valence electrons. The third kappa shape index (κ3) is 3.21. The monoisotopic (exact) mass is 355 g/mol. The van der Waals surface area contributed by atoms with Gasteiger partial charge in [-0.1, -0.05) is 27.7 Å². The fraction of sp³-hybridized carbons (Fsp3) is 0.474. The molecule has 0 atom stereocenters. The Balaban J connectivity index is 2.11. The lowest BCUT2D eigenvalue weighted by Gasteiger charge is -2.12. The number of carbonyl (C=O) groups is 1. The molecule has 0 radical (unpaired) electrons. The Morgan fingerprint density at radius 1 is 1.19 bits per heavy atom. The van der Waals surface area contributed by atoms with Crippen LogP contribution in [0, 0.1) is 0 Å². The lowest BCUT2D eigenvalue weighted by Crippen LogP contribution is -2.10. The molecule has 3 heterocycles. The molecule has 0 aliphatic carbocycles. The summed E-state index contributed by atoms with van der Waals surface area (Å²) in [7, 11) is 3.16. The van der Waals surface area contributed by atoms with Crippen LogP contribution in [-0.4, -0.2) is 37.4 Å². The minimum Gasteiger partial charge on any atom is -0.464 e. The summed E-state index contributed by atoms with van der Waals surface area (Å²) >= 11 is 0. The first-order chi connectivity index (χ1) is 12.3.